The third kappa shape index (κ3) is 3.69. The number of Topliss-reactive ketones (excluding diaryl/α,β-unsaturated/α-hetero) is 1. The van der Waals surface area contributed by atoms with E-state index in [9.17, 15) is 19.2 Å². The van der Waals surface area contributed by atoms with Crippen molar-refractivity contribution in [2.45, 2.75) is 85.4 Å². The Bertz CT molecular complexity index is 1190. The number of esters is 3. The molecule has 206 valence electrons. The van der Waals surface area contributed by atoms with E-state index in [0.29, 0.717) is 6.42 Å². The van der Waals surface area contributed by atoms with Gasteiger partial charge < -0.3 is 18.6 Å². The van der Waals surface area contributed by atoms with E-state index in [2.05, 4.69) is 6.92 Å². The van der Waals surface area contributed by atoms with Gasteiger partial charge in [0.05, 0.1) is 32.0 Å². The van der Waals surface area contributed by atoms with Crippen LogP contribution in [0.15, 0.2) is 34.2 Å². The van der Waals surface area contributed by atoms with Gasteiger partial charge in [-0.2, -0.15) is 0 Å². The number of allylic oxidation sites excluding steroid dienone is 1. The molecule has 1 aromatic heterocycles. The molecule has 0 N–H and O–H groups in total. The Morgan fingerprint density at radius 2 is 1.87 bits per heavy atom. The van der Waals surface area contributed by atoms with Gasteiger partial charge in [-0.1, -0.05) is 40.2 Å². The van der Waals surface area contributed by atoms with E-state index in [1.54, 1.807) is 19.5 Å². The van der Waals surface area contributed by atoms with Gasteiger partial charge in [-0.25, -0.2) is 0 Å². The molecule has 0 spiro atoms. The number of ether oxygens (including phenoxy) is 3. The van der Waals surface area contributed by atoms with Gasteiger partial charge in [0.15, 0.2) is 0 Å². The first-order chi connectivity index (χ1) is 17.9. The van der Waals surface area contributed by atoms with E-state index < -0.39 is 46.3 Å². The Labute approximate surface area is 223 Å². The average Bonchev–Trinajstić information content (AvgIpc) is 3.41. The smallest absolute Gasteiger partial charge is 0.310 e. The SMILES string of the molecule is CCC(=O)OC1C2CC3=C4CC(=O)OC(c5ccoc5)[C@]4(C)CCC3[C@@](C)(C2=O)C(CC(=O)OC)C1(C)C. The second-order valence-electron chi connectivity index (χ2n) is 12.5. The summed E-state index contributed by atoms with van der Waals surface area (Å²) < 4.78 is 22.3. The minimum Gasteiger partial charge on any atom is -0.472 e. The zero-order valence-corrected chi connectivity index (χ0v) is 23.1. The number of ketones is 1. The normalized spacial score (nSPS) is 37.6. The van der Waals surface area contributed by atoms with E-state index in [1.165, 1.54) is 7.11 Å². The molecule has 0 aromatic carbocycles. The fourth-order valence-electron chi connectivity index (χ4n) is 8.42. The van der Waals surface area contributed by atoms with Crippen LogP contribution in [0.4, 0.5) is 0 Å². The summed E-state index contributed by atoms with van der Waals surface area (Å²) in [5, 5.41) is 0. The molecule has 8 nitrogen and oxygen atoms in total. The summed E-state index contributed by atoms with van der Waals surface area (Å²) in [7, 11) is 1.35. The highest BCUT2D eigenvalue weighted by molar-refractivity contribution is 5.92. The van der Waals surface area contributed by atoms with Gasteiger partial charge in [0, 0.05) is 34.7 Å². The van der Waals surface area contributed by atoms with Crippen LogP contribution >= 0.6 is 0 Å². The molecule has 2 heterocycles. The minimum atomic E-state index is -0.869. The lowest BCUT2D eigenvalue weighted by Gasteiger charge is -2.63. The van der Waals surface area contributed by atoms with E-state index >= 15 is 0 Å². The van der Waals surface area contributed by atoms with Gasteiger partial charge in [0.1, 0.15) is 18.0 Å². The molecule has 4 aliphatic rings. The summed E-state index contributed by atoms with van der Waals surface area (Å²) in [6, 6.07) is 1.83. The molecule has 1 aromatic rings. The van der Waals surface area contributed by atoms with Crippen LogP contribution in [0.3, 0.4) is 0 Å². The molecule has 7 atom stereocenters. The van der Waals surface area contributed by atoms with Crippen molar-refractivity contribution in [3.63, 3.8) is 0 Å². The number of rotatable bonds is 5. The van der Waals surface area contributed by atoms with Crippen LogP contribution in [-0.2, 0) is 33.4 Å². The molecule has 0 amide bonds. The van der Waals surface area contributed by atoms with Crippen molar-refractivity contribution in [1.82, 2.24) is 0 Å². The number of hydrogen-bond acceptors (Lipinski definition) is 8. The molecule has 2 bridgehead atoms. The fraction of sp³-hybridized carbons (Fsp3) is 0.667. The Morgan fingerprint density at radius 1 is 1.13 bits per heavy atom. The Morgan fingerprint density at radius 3 is 2.50 bits per heavy atom. The first kappa shape index (κ1) is 26.7. The maximum absolute atomic E-state index is 14.3. The standard InChI is InChI=1S/C30H38O8/c1-7-22(31)37-27-18-12-17-19(30(5,25(18)34)21(28(27,2)3)14-23(32)35-6)8-10-29(4)20(17)13-24(33)38-26(29)16-9-11-36-15-16/h9,11,15,18-19,21,26-27H,7-8,10,12-14H2,1-6H3/t18?,19?,21?,26?,27?,29-,30-/m1/s1. The Kier molecular flexibility index (Phi) is 6.39. The number of fused-ring (bicyclic) bond motifs is 5. The first-order valence-electron chi connectivity index (χ1n) is 13.6. The lowest BCUT2D eigenvalue weighted by molar-refractivity contribution is -0.198. The number of methoxy groups -OCH3 is 1. The molecular weight excluding hydrogens is 488 g/mol. The van der Waals surface area contributed by atoms with Crippen molar-refractivity contribution >= 4 is 23.7 Å². The van der Waals surface area contributed by atoms with Gasteiger partial charge in [0.2, 0.25) is 0 Å². The maximum atomic E-state index is 14.3. The summed E-state index contributed by atoms with van der Waals surface area (Å²) in [6.45, 7) is 9.85. The zero-order chi connectivity index (χ0) is 27.6. The van der Waals surface area contributed by atoms with Crippen molar-refractivity contribution in [2.75, 3.05) is 7.11 Å². The van der Waals surface area contributed by atoms with Crippen molar-refractivity contribution in [1.29, 1.82) is 0 Å². The third-order valence-corrected chi connectivity index (χ3v) is 10.3. The van der Waals surface area contributed by atoms with E-state index in [1.807, 2.05) is 26.8 Å². The van der Waals surface area contributed by atoms with Crippen LogP contribution in [0.5, 0.6) is 0 Å². The molecule has 1 aliphatic heterocycles. The van der Waals surface area contributed by atoms with E-state index in [-0.39, 0.29) is 42.9 Å². The first-order valence-corrected chi connectivity index (χ1v) is 13.6. The molecular formula is C30H38O8. The van der Waals surface area contributed by atoms with Crippen molar-refractivity contribution < 1.29 is 37.8 Å². The van der Waals surface area contributed by atoms with Gasteiger partial charge in [-0.15, -0.1) is 0 Å². The largest absolute Gasteiger partial charge is 0.472 e. The highest BCUT2D eigenvalue weighted by Gasteiger charge is 2.68. The van der Waals surface area contributed by atoms with Crippen LogP contribution in [0, 0.1) is 34.0 Å². The van der Waals surface area contributed by atoms with E-state index in [0.717, 1.165) is 29.6 Å². The third-order valence-electron chi connectivity index (χ3n) is 10.3. The second-order valence-corrected chi connectivity index (χ2v) is 12.5. The number of furan rings is 1. The molecule has 1 saturated heterocycles. The lowest BCUT2D eigenvalue weighted by Crippen LogP contribution is -2.66. The van der Waals surface area contributed by atoms with Crippen LogP contribution in [-0.4, -0.2) is 36.9 Å². The summed E-state index contributed by atoms with van der Waals surface area (Å²) in [5.41, 5.74) is 0.975. The van der Waals surface area contributed by atoms with Crippen molar-refractivity contribution in [2.24, 2.45) is 34.0 Å². The van der Waals surface area contributed by atoms with Crippen LogP contribution in [0.25, 0.3) is 0 Å². The van der Waals surface area contributed by atoms with Crippen LogP contribution in [0.2, 0.25) is 0 Å². The second kappa shape index (κ2) is 9.09. The molecule has 0 radical (unpaired) electrons. The predicted octanol–water partition coefficient (Wildman–Crippen LogP) is 5.12. The van der Waals surface area contributed by atoms with Crippen molar-refractivity contribution in [3.8, 4) is 0 Å². The molecule has 3 aliphatic carbocycles. The highest BCUT2D eigenvalue weighted by atomic mass is 16.6. The molecule has 8 heteroatoms. The number of carbonyl (C=O) groups excluding carboxylic acids is 4. The predicted molar refractivity (Wildman–Crippen MR) is 135 cm³/mol. The Hall–Kier alpha value is -2.90. The van der Waals surface area contributed by atoms with Gasteiger partial charge in [-0.3, -0.25) is 19.2 Å². The Balaban J connectivity index is 1.68. The molecule has 5 unspecified atom stereocenters. The van der Waals surface area contributed by atoms with Crippen LogP contribution < -0.4 is 0 Å². The summed E-state index contributed by atoms with van der Waals surface area (Å²) in [5.74, 6) is -2.10. The average molecular weight is 527 g/mol. The van der Waals surface area contributed by atoms with E-state index in [4.69, 9.17) is 18.6 Å². The quantitative estimate of drug-likeness (QED) is 0.296. The molecule has 5 rings (SSSR count). The molecule has 2 saturated carbocycles. The van der Waals surface area contributed by atoms with Crippen LogP contribution in [0.1, 0.15) is 84.8 Å². The van der Waals surface area contributed by atoms with Gasteiger partial charge in [0.25, 0.3) is 0 Å². The van der Waals surface area contributed by atoms with Crippen molar-refractivity contribution in [3.05, 3.63) is 35.3 Å². The maximum Gasteiger partial charge on any atom is 0.310 e. The number of hydrogen-bond donors (Lipinski definition) is 0. The summed E-state index contributed by atoms with van der Waals surface area (Å²) in [4.78, 5) is 52.5. The number of carbonyl (C=O) groups is 4. The minimum absolute atomic E-state index is 0.0438. The van der Waals surface area contributed by atoms with Gasteiger partial charge in [-0.05, 0) is 42.7 Å². The number of cyclic esters (lactones) is 1. The fourth-order valence-corrected chi connectivity index (χ4v) is 8.42. The highest BCUT2D eigenvalue weighted by Crippen LogP contribution is 2.68. The summed E-state index contributed by atoms with van der Waals surface area (Å²) >= 11 is 0. The topological polar surface area (TPSA) is 109 Å². The monoisotopic (exact) mass is 526 g/mol. The zero-order valence-electron chi connectivity index (χ0n) is 23.1. The molecule has 3 fully saturated rings. The summed E-state index contributed by atoms with van der Waals surface area (Å²) in [6.07, 6.45) is 4.34. The molecule has 38 heavy (non-hydrogen) atoms. The van der Waals surface area contributed by atoms with Gasteiger partial charge >= 0.3 is 17.9 Å². The lowest BCUT2D eigenvalue weighted by atomic mass is 9.40.